The minimum atomic E-state index is -0.272. The molecule has 0 N–H and O–H groups in total. The van der Waals surface area contributed by atoms with Gasteiger partial charge in [-0.05, 0) is 257 Å². The second-order valence-corrected chi connectivity index (χ2v) is 33.9. The van der Waals surface area contributed by atoms with E-state index in [9.17, 15) is 0 Å². The SMILES string of the molecule is CC(C)(C)c1cc(-c2nc(-c3cc(C(C)(C)C)cc(C(C)(C)C)c3)nc(-c3cc4c5c(c3)N(c3cc(-c6ccccc6)cc(-c6ccccc6)c3)c3cc6cc7ccccc7cc6cc3B5c3cc5cc6ccccc6cc5cc3N4c3cc(-c4ccccc4)cc(-c4ccccc4)c3)n2)cc(C(C)(C)C)c1. The highest BCUT2D eigenvalue weighted by molar-refractivity contribution is 7.00. The quantitative estimate of drug-likeness (QED) is 0.106. The monoisotopic (exact) mass is 1380 g/mol. The summed E-state index contributed by atoms with van der Waals surface area (Å²) in [5.74, 6) is 1.82. The fraction of sp³-hybridized carbons (Fsp3) is 0.158. The topological polar surface area (TPSA) is 45.2 Å². The van der Waals surface area contributed by atoms with Crippen molar-refractivity contribution in [2.45, 2.75) is 105 Å². The highest BCUT2D eigenvalue weighted by Crippen LogP contribution is 2.51. The van der Waals surface area contributed by atoms with Crippen LogP contribution >= 0.6 is 0 Å². The summed E-state index contributed by atoms with van der Waals surface area (Å²) in [5, 5.41) is 9.50. The van der Waals surface area contributed by atoms with Gasteiger partial charge in [-0.2, -0.15) is 0 Å². The van der Waals surface area contributed by atoms with Crippen molar-refractivity contribution in [2.24, 2.45) is 0 Å². The van der Waals surface area contributed by atoms with Gasteiger partial charge in [-0.3, -0.25) is 0 Å². The molecule has 0 saturated heterocycles. The summed E-state index contributed by atoms with van der Waals surface area (Å²) in [6.07, 6.45) is 0. The van der Waals surface area contributed by atoms with E-state index in [4.69, 9.17) is 15.0 Å². The summed E-state index contributed by atoms with van der Waals surface area (Å²) in [6.45, 7) is 27.4. The predicted molar refractivity (Wildman–Crippen MR) is 457 cm³/mol. The van der Waals surface area contributed by atoms with Crippen LogP contribution in [0, 0.1) is 0 Å². The molecule has 0 aliphatic carbocycles. The van der Waals surface area contributed by atoms with Crippen LogP contribution in [0.25, 0.3) is 122 Å². The number of nitrogens with zero attached hydrogens (tertiary/aromatic N) is 5. The summed E-state index contributed by atoms with van der Waals surface area (Å²) < 4.78 is 0. The van der Waals surface area contributed by atoms with Crippen LogP contribution in [0.1, 0.15) is 105 Å². The highest BCUT2D eigenvalue weighted by Gasteiger charge is 2.45. The Balaban J connectivity index is 1.02. The van der Waals surface area contributed by atoms with Crippen molar-refractivity contribution in [3.05, 3.63) is 326 Å². The zero-order valence-electron chi connectivity index (χ0n) is 63.2. The van der Waals surface area contributed by atoms with Crippen LogP contribution in [0.2, 0.25) is 0 Å². The van der Waals surface area contributed by atoms with Crippen molar-refractivity contribution in [1.82, 2.24) is 15.0 Å². The van der Waals surface area contributed by atoms with Crippen LogP contribution in [0.5, 0.6) is 0 Å². The lowest BCUT2D eigenvalue weighted by Gasteiger charge is -2.45. The molecule has 15 aromatic carbocycles. The van der Waals surface area contributed by atoms with E-state index in [-0.39, 0.29) is 28.4 Å². The molecule has 0 fully saturated rings. The van der Waals surface area contributed by atoms with Gasteiger partial charge in [0.1, 0.15) is 0 Å². The lowest BCUT2D eigenvalue weighted by Crippen LogP contribution is -2.61. The Morgan fingerprint density at radius 1 is 0.215 bits per heavy atom. The molecule has 0 spiro atoms. The number of hydrogen-bond acceptors (Lipinski definition) is 5. The van der Waals surface area contributed by atoms with Crippen LogP contribution in [0.3, 0.4) is 0 Å². The van der Waals surface area contributed by atoms with Gasteiger partial charge in [-0.25, -0.2) is 15.0 Å². The van der Waals surface area contributed by atoms with Crippen molar-refractivity contribution in [3.8, 4) is 78.7 Å². The molecule has 5 nitrogen and oxygen atoms in total. The third-order valence-electron chi connectivity index (χ3n) is 22.2. The second kappa shape index (κ2) is 25.4. The van der Waals surface area contributed by atoms with Crippen molar-refractivity contribution < 1.29 is 0 Å². The van der Waals surface area contributed by atoms with Crippen molar-refractivity contribution >= 4 is 100 Å². The van der Waals surface area contributed by atoms with E-state index in [1.165, 1.54) is 71.0 Å². The Morgan fingerprint density at radius 3 is 0.757 bits per heavy atom. The molecule has 18 rings (SSSR count). The molecule has 518 valence electrons. The Morgan fingerprint density at radius 2 is 0.477 bits per heavy atom. The highest BCUT2D eigenvalue weighted by atomic mass is 15.2. The zero-order chi connectivity index (χ0) is 73.4. The number of anilines is 6. The minimum absolute atomic E-state index is 0.179. The Bertz CT molecular complexity index is 5680. The van der Waals surface area contributed by atoms with E-state index in [0.717, 1.165) is 106 Å². The molecule has 2 aliphatic rings. The first kappa shape index (κ1) is 66.9. The normalized spacial score (nSPS) is 13.0. The van der Waals surface area contributed by atoms with Gasteiger partial charge in [0, 0.05) is 50.8 Å². The third kappa shape index (κ3) is 12.3. The van der Waals surface area contributed by atoms with E-state index in [1.807, 2.05) is 0 Å². The number of hydrogen-bond donors (Lipinski definition) is 0. The van der Waals surface area contributed by atoms with Gasteiger partial charge in [0.05, 0.1) is 0 Å². The summed E-state index contributed by atoms with van der Waals surface area (Å²) in [5.41, 5.74) is 25.9. The van der Waals surface area contributed by atoms with Crippen LogP contribution in [-0.4, -0.2) is 21.7 Å². The van der Waals surface area contributed by atoms with Gasteiger partial charge in [-0.15, -0.1) is 0 Å². The first-order valence-electron chi connectivity index (χ1n) is 37.8. The van der Waals surface area contributed by atoms with Crippen molar-refractivity contribution in [2.75, 3.05) is 9.80 Å². The average Bonchev–Trinajstić information content (AvgIpc) is 0.687. The Hall–Kier alpha value is -12.0. The molecular formula is C101H86BN5. The molecule has 0 unspecified atom stereocenters. The van der Waals surface area contributed by atoms with Gasteiger partial charge in [0.15, 0.2) is 17.5 Å². The zero-order valence-corrected chi connectivity index (χ0v) is 63.2. The van der Waals surface area contributed by atoms with Gasteiger partial charge >= 0.3 is 0 Å². The summed E-state index contributed by atoms with van der Waals surface area (Å²) in [4.78, 5) is 22.8. The molecular weight excluding hydrogens is 1290 g/mol. The van der Waals surface area contributed by atoms with Gasteiger partial charge in [-0.1, -0.05) is 277 Å². The second-order valence-electron chi connectivity index (χ2n) is 33.9. The van der Waals surface area contributed by atoms with E-state index in [2.05, 4.69) is 396 Å². The van der Waals surface area contributed by atoms with E-state index in [0.29, 0.717) is 17.5 Å². The first-order chi connectivity index (χ1) is 51.5. The Kier molecular flexibility index (Phi) is 15.9. The third-order valence-corrected chi connectivity index (χ3v) is 22.2. The number of rotatable bonds is 9. The largest absolute Gasteiger partial charge is 0.311 e. The molecule has 16 aromatic rings. The lowest BCUT2D eigenvalue weighted by molar-refractivity contribution is 0.568. The maximum Gasteiger partial charge on any atom is 0.252 e. The molecule has 0 saturated carbocycles. The molecule has 0 amide bonds. The maximum absolute atomic E-state index is 5.93. The van der Waals surface area contributed by atoms with Crippen LogP contribution in [0.4, 0.5) is 34.1 Å². The number of fused-ring (bicyclic) bond motifs is 8. The fourth-order valence-electron chi connectivity index (χ4n) is 16.2. The van der Waals surface area contributed by atoms with E-state index >= 15 is 0 Å². The van der Waals surface area contributed by atoms with Gasteiger partial charge in [0.2, 0.25) is 0 Å². The van der Waals surface area contributed by atoms with E-state index < -0.39 is 0 Å². The molecule has 6 heteroatoms. The maximum atomic E-state index is 5.93. The Labute approximate surface area is 630 Å². The summed E-state index contributed by atoms with van der Waals surface area (Å²) in [6, 6.07) is 114. The van der Waals surface area contributed by atoms with E-state index in [1.54, 1.807) is 0 Å². The molecule has 1 aromatic heterocycles. The van der Waals surface area contributed by atoms with Crippen molar-refractivity contribution in [3.63, 3.8) is 0 Å². The fourth-order valence-corrected chi connectivity index (χ4v) is 16.2. The molecule has 3 heterocycles. The average molecular weight is 1380 g/mol. The molecule has 0 bridgehead atoms. The standard InChI is InChI=1S/C101H86BN5/c1-98(2,3)82-47-79(48-83(61-82)99(4,5)6)95-103-96(80-49-84(100(7,8)9)62-85(50-80)101(10,11)12)105-97(104-95)81-59-92-94-93(60-81)107(87-53-73(65-33-21-15-22-34-65)46-74(54-87)66-35-23-16-24-36-66)91-58-78-44-70-40-28-26-38-68(70)42-76(78)56-89(91)102(94)88-55-75-41-67-37-25-27-39-69(67)43-77(75)57-90(88)106(92)86-51-71(63-29-17-13-18-30-63)45-72(52-86)64-31-19-14-20-32-64/h13-62H,1-12H3. The predicted octanol–water partition coefficient (Wildman–Crippen LogP) is 25.4. The smallest absolute Gasteiger partial charge is 0.252 e. The van der Waals surface area contributed by atoms with Crippen molar-refractivity contribution in [1.29, 1.82) is 0 Å². The van der Waals surface area contributed by atoms with Crippen LogP contribution in [-0.2, 0) is 21.7 Å². The van der Waals surface area contributed by atoms with Gasteiger partial charge < -0.3 is 9.80 Å². The van der Waals surface area contributed by atoms with Crippen LogP contribution in [0.15, 0.2) is 303 Å². The molecule has 0 radical (unpaired) electrons. The molecule has 2 aliphatic heterocycles. The minimum Gasteiger partial charge on any atom is -0.311 e. The van der Waals surface area contributed by atoms with Crippen LogP contribution < -0.4 is 26.2 Å². The molecule has 0 atom stereocenters. The first-order valence-corrected chi connectivity index (χ1v) is 37.8. The number of benzene rings is 15. The summed E-state index contributed by atoms with van der Waals surface area (Å²) in [7, 11) is 0. The molecule has 107 heavy (non-hydrogen) atoms. The lowest BCUT2D eigenvalue weighted by atomic mass is 9.33. The van der Waals surface area contributed by atoms with Gasteiger partial charge in [0.25, 0.3) is 6.71 Å². The summed E-state index contributed by atoms with van der Waals surface area (Å²) >= 11 is 0. The number of aromatic nitrogens is 3.